The predicted molar refractivity (Wildman–Crippen MR) is 195 cm³/mol. The number of thioether (sulfide) groups is 1. The monoisotopic (exact) mass is 610 g/mol. The van der Waals surface area contributed by atoms with E-state index in [-0.39, 0.29) is 6.04 Å². The van der Waals surface area contributed by atoms with Crippen molar-refractivity contribution in [3.63, 3.8) is 0 Å². The zero-order chi connectivity index (χ0) is 30.6. The molecule has 4 heteroatoms. The Labute approximate surface area is 272 Å². The third-order valence-electron chi connectivity index (χ3n) is 9.38. The topological polar surface area (TPSA) is 28.7 Å². The Kier molecular flexibility index (Phi) is 6.43. The number of hydrogen-bond acceptors (Lipinski definition) is 4. The van der Waals surface area contributed by atoms with Crippen LogP contribution >= 0.6 is 11.8 Å². The van der Waals surface area contributed by atoms with E-state index in [2.05, 4.69) is 138 Å². The van der Waals surface area contributed by atoms with Crippen molar-refractivity contribution in [1.82, 2.24) is 0 Å². The summed E-state index contributed by atoms with van der Waals surface area (Å²) in [5.41, 5.74) is 10.2. The molecule has 3 nitrogen and oxygen atoms in total. The van der Waals surface area contributed by atoms with Crippen LogP contribution in [0.3, 0.4) is 0 Å². The summed E-state index contributed by atoms with van der Waals surface area (Å²) in [6.45, 7) is 3.89. The minimum Gasteiger partial charge on any atom is -0.456 e. The molecule has 9 rings (SSSR count). The van der Waals surface area contributed by atoms with Crippen molar-refractivity contribution in [2.75, 3.05) is 4.90 Å². The van der Waals surface area contributed by atoms with Gasteiger partial charge in [0.2, 0.25) is 0 Å². The van der Waals surface area contributed by atoms with E-state index in [4.69, 9.17) is 4.42 Å². The zero-order valence-electron chi connectivity index (χ0n) is 25.1. The lowest BCUT2D eigenvalue weighted by Gasteiger charge is -2.29. The number of benzene rings is 6. The quantitative estimate of drug-likeness (QED) is 0.139. The number of allylic oxidation sites excluding steroid dienone is 2. The lowest BCUT2D eigenvalue weighted by Crippen LogP contribution is -2.28. The molecule has 2 unspecified atom stereocenters. The van der Waals surface area contributed by atoms with Crippen LogP contribution in [-0.4, -0.2) is 12.8 Å². The molecule has 0 saturated heterocycles. The molecule has 2 aliphatic rings. The number of nitrogens with zero attached hydrogens (tertiary/aromatic N) is 2. The minimum absolute atomic E-state index is 0.282. The van der Waals surface area contributed by atoms with Crippen molar-refractivity contribution < 1.29 is 4.42 Å². The van der Waals surface area contributed by atoms with E-state index in [1.54, 1.807) is 11.8 Å². The lowest BCUT2D eigenvalue weighted by atomic mass is 9.90. The molecular weight excluding hydrogens is 581 g/mol. The highest BCUT2D eigenvalue weighted by Crippen LogP contribution is 2.49. The summed E-state index contributed by atoms with van der Waals surface area (Å²) in [6, 6.07) is 43.9. The maximum absolute atomic E-state index is 6.05. The Balaban J connectivity index is 0.960. The zero-order valence-corrected chi connectivity index (χ0v) is 26.0. The van der Waals surface area contributed by atoms with Crippen molar-refractivity contribution in [2.24, 2.45) is 4.99 Å². The average Bonchev–Trinajstić information content (AvgIpc) is 3.65. The van der Waals surface area contributed by atoms with Crippen molar-refractivity contribution in [1.29, 1.82) is 0 Å². The van der Waals surface area contributed by atoms with Gasteiger partial charge in [-0.2, -0.15) is 0 Å². The largest absolute Gasteiger partial charge is 0.456 e. The first-order valence-corrected chi connectivity index (χ1v) is 16.6. The SMILES string of the molecule is C=Nc1c(SCc2ccc(-c3ccc(N4c5cc6ccccc6cc5C5C=CC=CC54)cc3)cc2)ccc2oc3ccccc3c12. The first-order valence-electron chi connectivity index (χ1n) is 15.7. The van der Waals surface area contributed by atoms with E-state index < -0.39 is 0 Å². The van der Waals surface area contributed by atoms with Crippen LogP contribution < -0.4 is 4.90 Å². The van der Waals surface area contributed by atoms with E-state index in [0.717, 1.165) is 38.3 Å². The molecule has 1 aromatic heterocycles. The summed E-state index contributed by atoms with van der Waals surface area (Å²) in [4.78, 5) is 8.04. The molecule has 7 aromatic rings. The Morgan fingerprint density at radius 2 is 1.43 bits per heavy atom. The molecule has 0 bridgehead atoms. The number of rotatable bonds is 6. The number of aliphatic imine (C=N–C) groups is 1. The van der Waals surface area contributed by atoms with Gasteiger partial charge in [0.1, 0.15) is 11.2 Å². The highest BCUT2D eigenvalue weighted by Gasteiger charge is 2.37. The summed E-state index contributed by atoms with van der Waals surface area (Å²) in [6.07, 6.45) is 9.05. The van der Waals surface area contributed by atoms with E-state index in [9.17, 15) is 0 Å². The van der Waals surface area contributed by atoms with Crippen LogP contribution in [-0.2, 0) is 5.75 Å². The van der Waals surface area contributed by atoms with E-state index in [0.29, 0.717) is 5.92 Å². The van der Waals surface area contributed by atoms with Gasteiger partial charge in [-0.25, -0.2) is 0 Å². The maximum Gasteiger partial charge on any atom is 0.137 e. The van der Waals surface area contributed by atoms with Gasteiger partial charge in [-0.15, -0.1) is 11.8 Å². The molecule has 2 heterocycles. The smallest absolute Gasteiger partial charge is 0.137 e. The summed E-state index contributed by atoms with van der Waals surface area (Å²) in [7, 11) is 0. The second-order valence-electron chi connectivity index (χ2n) is 12.0. The molecule has 0 saturated carbocycles. The first-order chi connectivity index (χ1) is 22.7. The molecule has 1 aliphatic heterocycles. The fourth-order valence-electron chi connectivity index (χ4n) is 7.14. The summed E-state index contributed by atoms with van der Waals surface area (Å²) >= 11 is 1.78. The van der Waals surface area contributed by atoms with Crippen LogP contribution in [0.5, 0.6) is 0 Å². The van der Waals surface area contributed by atoms with Gasteiger partial charge in [0, 0.05) is 33.3 Å². The highest BCUT2D eigenvalue weighted by atomic mass is 32.2. The van der Waals surface area contributed by atoms with Crippen molar-refractivity contribution in [2.45, 2.75) is 22.6 Å². The van der Waals surface area contributed by atoms with Gasteiger partial charge < -0.3 is 9.32 Å². The standard InChI is InChI=1S/C42H30N2OS/c1-43-42-40(23-22-39-41(42)34-11-5-7-13-38(34)45-39)46-26-27-14-16-28(17-15-27)29-18-20-32(21-19-29)44-36-12-6-4-10-33(36)35-24-30-8-2-3-9-31(30)25-37(35)44/h2-25,33,36H,1,26H2. The van der Waals surface area contributed by atoms with Gasteiger partial charge in [-0.1, -0.05) is 103 Å². The summed E-state index contributed by atoms with van der Waals surface area (Å²) < 4.78 is 6.05. The number of para-hydroxylation sites is 1. The Morgan fingerprint density at radius 1 is 0.717 bits per heavy atom. The number of furan rings is 1. The third kappa shape index (κ3) is 4.40. The first kappa shape index (κ1) is 27.0. The van der Waals surface area contributed by atoms with Crippen molar-refractivity contribution >= 4 is 68.3 Å². The Hall–Kier alpha value is -5.32. The van der Waals surface area contributed by atoms with Crippen LogP contribution in [0, 0.1) is 0 Å². The van der Waals surface area contributed by atoms with Crippen LogP contribution in [0.4, 0.5) is 17.1 Å². The number of fused-ring (bicyclic) bond motifs is 7. The fourth-order valence-corrected chi connectivity index (χ4v) is 8.13. The molecule has 46 heavy (non-hydrogen) atoms. The summed E-state index contributed by atoms with van der Waals surface area (Å²) in [5, 5.41) is 4.69. The van der Waals surface area contributed by atoms with E-state index in [1.165, 1.54) is 44.4 Å². The van der Waals surface area contributed by atoms with Gasteiger partial charge in [0.25, 0.3) is 0 Å². The van der Waals surface area contributed by atoms with Crippen LogP contribution in [0.15, 0.2) is 160 Å². The highest BCUT2D eigenvalue weighted by molar-refractivity contribution is 7.98. The van der Waals surface area contributed by atoms with Crippen LogP contribution in [0.2, 0.25) is 0 Å². The van der Waals surface area contributed by atoms with Crippen LogP contribution in [0.1, 0.15) is 17.0 Å². The van der Waals surface area contributed by atoms with Gasteiger partial charge >= 0.3 is 0 Å². The average molecular weight is 611 g/mol. The second kappa shape index (κ2) is 10.9. The molecular formula is C42H30N2OS. The molecule has 0 spiro atoms. The molecule has 220 valence electrons. The molecule has 0 radical (unpaired) electrons. The van der Waals surface area contributed by atoms with Crippen molar-refractivity contribution in [3.05, 3.63) is 157 Å². The molecule has 0 amide bonds. The predicted octanol–water partition coefficient (Wildman–Crippen LogP) is 11.8. The van der Waals surface area contributed by atoms with Crippen LogP contribution in [0.25, 0.3) is 43.8 Å². The fraction of sp³-hybridized carbons (Fsp3) is 0.0714. The normalized spacial score (nSPS) is 16.7. The van der Waals surface area contributed by atoms with Gasteiger partial charge in [-0.3, -0.25) is 4.99 Å². The van der Waals surface area contributed by atoms with Gasteiger partial charge in [0.15, 0.2) is 0 Å². The van der Waals surface area contributed by atoms with Gasteiger partial charge in [-0.05, 0) is 82.2 Å². The van der Waals surface area contributed by atoms with E-state index in [1.807, 2.05) is 24.3 Å². The summed E-state index contributed by atoms with van der Waals surface area (Å²) in [5.74, 6) is 1.20. The molecule has 0 N–H and O–H groups in total. The van der Waals surface area contributed by atoms with E-state index >= 15 is 0 Å². The minimum atomic E-state index is 0.282. The Bertz CT molecular complexity index is 2350. The number of hydrogen-bond donors (Lipinski definition) is 0. The van der Waals surface area contributed by atoms with Gasteiger partial charge in [0.05, 0.1) is 17.1 Å². The van der Waals surface area contributed by atoms with Crippen molar-refractivity contribution in [3.8, 4) is 11.1 Å². The maximum atomic E-state index is 6.05. The lowest BCUT2D eigenvalue weighted by molar-refractivity contribution is 0.669. The third-order valence-corrected chi connectivity index (χ3v) is 10.5. The number of anilines is 2. The molecule has 0 fully saturated rings. The Morgan fingerprint density at radius 3 is 2.24 bits per heavy atom. The molecule has 6 aromatic carbocycles. The second-order valence-corrected chi connectivity index (χ2v) is 13.0. The molecule has 1 aliphatic carbocycles. The molecule has 2 atom stereocenters.